The standard InChI is InChI=1S/C26H31FN4O/c1-18(2)13-24-16-25(30-29-24)17-31-11-9-19(10-12-31)26(32)28-23-8-4-6-21(15-23)20-5-3-7-22(27)14-20/h3-8,14-16,18-19H,9-13,17H2,1-2H3,(H,28,32)(H,29,30). The van der Waals surface area contributed by atoms with Crippen LogP contribution in [0.2, 0.25) is 0 Å². The van der Waals surface area contributed by atoms with Gasteiger partial charge in [-0.3, -0.25) is 14.8 Å². The highest BCUT2D eigenvalue weighted by molar-refractivity contribution is 5.93. The van der Waals surface area contributed by atoms with E-state index in [0.717, 1.165) is 67.1 Å². The van der Waals surface area contributed by atoms with Crippen LogP contribution in [0.1, 0.15) is 38.1 Å². The highest BCUT2D eigenvalue weighted by atomic mass is 19.1. The van der Waals surface area contributed by atoms with Gasteiger partial charge >= 0.3 is 0 Å². The topological polar surface area (TPSA) is 61.0 Å². The number of likely N-dealkylation sites (tertiary alicyclic amines) is 1. The zero-order valence-electron chi connectivity index (χ0n) is 18.8. The fourth-order valence-corrected chi connectivity index (χ4v) is 4.30. The number of nitrogens with zero attached hydrogens (tertiary/aromatic N) is 2. The van der Waals surface area contributed by atoms with Crippen molar-refractivity contribution in [3.63, 3.8) is 0 Å². The number of carbonyl (C=O) groups is 1. The lowest BCUT2D eigenvalue weighted by molar-refractivity contribution is -0.121. The second kappa shape index (κ2) is 10.1. The predicted octanol–water partition coefficient (Wildman–Crippen LogP) is 5.27. The van der Waals surface area contributed by atoms with E-state index in [9.17, 15) is 9.18 Å². The van der Waals surface area contributed by atoms with Crippen molar-refractivity contribution < 1.29 is 9.18 Å². The SMILES string of the molecule is CC(C)Cc1cc(CN2CCC(C(=O)Nc3cccc(-c4cccc(F)c4)c3)CC2)[nH]n1. The molecule has 4 rings (SSSR count). The van der Waals surface area contributed by atoms with E-state index in [-0.39, 0.29) is 17.6 Å². The Hall–Kier alpha value is -2.99. The maximum absolute atomic E-state index is 13.5. The van der Waals surface area contributed by atoms with E-state index in [1.165, 1.54) is 12.1 Å². The number of aromatic amines is 1. The molecule has 1 amide bonds. The van der Waals surface area contributed by atoms with Crippen LogP contribution in [-0.4, -0.2) is 34.1 Å². The number of halogens is 1. The van der Waals surface area contributed by atoms with Crippen molar-refractivity contribution in [1.29, 1.82) is 0 Å². The number of benzene rings is 2. The molecule has 1 aromatic heterocycles. The van der Waals surface area contributed by atoms with Gasteiger partial charge in [-0.1, -0.05) is 38.1 Å². The molecule has 0 bridgehead atoms. The summed E-state index contributed by atoms with van der Waals surface area (Å²) >= 11 is 0. The number of amides is 1. The average Bonchev–Trinajstić information content (AvgIpc) is 3.20. The summed E-state index contributed by atoms with van der Waals surface area (Å²) in [4.78, 5) is 15.2. The Morgan fingerprint density at radius 3 is 2.56 bits per heavy atom. The van der Waals surface area contributed by atoms with Crippen LogP contribution in [0, 0.1) is 17.7 Å². The zero-order chi connectivity index (χ0) is 22.5. The average molecular weight is 435 g/mol. The third-order valence-corrected chi connectivity index (χ3v) is 5.94. The van der Waals surface area contributed by atoms with Gasteiger partial charge in [-0.2, -0.15) is 5.10 Å². The van der Waals surface area contributed by atoms with Crippen molar-refractivity contribution in [3.05, 3.63) is 71.8 Å². The lowest BCUT2D eigenvalue weighted by Crippen LogP contribution is -2.37. The monoisotopic (exact) mass is 434 g/mol. The fraction of sp³-hybridized carbons (Fsp3) is 0.385. The highest BCUT2D eigenvalue weighted by Gasteiger charge is 2.25. The minimum Gasteiger partial charge on any atom is -0.326 e. The molecule has 0 atom stereocenters. The first-order valence-electron chi connectivity index (χ1n) is 11.4. The van der Waals surface area contributed by atoms with Gasteiger partial charge < -0.3 is 5.32 Å². The lowest BCUT2D eigenvalue weighted by Gasteiger charge is -2.30. The molecular formula is C26H31FN4O. The summed E-state index contributed by atoms with van der Waals surface area (Å²) in [6.45, 7) is 7.01. The molecule has 2 N–H and O–H groups in total. The highest BCUT2D eigenvalue weighted by Crippen LogP contribution is 2.25. The second-order valence-electron chi connectivity index (χ2n) is 9.11. The van der Waals surface area contributed by atoms with Crippen LogP contribution >= 0.6 is 0 Å². The number of piperidine rings is 1. The van der Waals surface area contributed by atoms with Gasteiger partial charge in [0.25, 0.3) is 0 Å². The van der Waals surface area contributed by atoms with Crippen LogP contribution in [-0.2, 0) is 17.8 Å². The van der Waals surface area contributed by atoms with Gasteiger partial charge in [0.2, 0.25) is 5.91 Å². The Morgan fingerprint density at radius 1 is 1.12 bits per heavy atom. The summed E-state index contributed by atoms with van der Waals surface area (Å²) in [6.07, 6.45) is 2.66. The Kier molecular flexibility index (Phi) is 7.00. The molecule has 168 valence electrons. The summed E-state index contributed by atoms with van der Waals surface area (Å²) < 4.78 is 13.5. The molecule has 1 aliphatic heterocycles. The molecule has 2 heterocycles. The fourth-order valence-electron chi connectivity index (χ4n) is 4.30. The van der Waals surface area contributed by atoms with E-state index >= 15 is 0 Å². The van der Waals surface area contributed by atoms with Gasteiger partial charge in [0.15, 0.2) is 0 Å². The molecule has 2 aromatic carbocycles. The Labute approximate surface area is 189 Å². The van der Waals surface area contributed by atoms with Crippen LogP contribution in [0.5, 0.6) is 0 Å². The number of anilines is 1. The third-order valence-electron chi connectivity index (χ3n) is 5.94. The van der Waals surface area contributed by atoms with E-state index in [2.05, 4.69) is 40.3 Å². The number of hydrogen-bond acceptors (Lipinski definition) is 3. The van der Waals surface area contributed by atoms with Crippen LogP contribution in [0.3, 0.4) is 0 Å². The largest absolute Gasteiger partial charge is 0.326 e. The molecule has 1 fully saturated rings. The van der Waals surface area contributed by atoms with Crippen LogP contribution in [0.25, 0.3) is 11.1 Å². The van der Waals surface area contributed by atoms with Gasteiger partial charge in [-0.15, -0.1) is 0 Å². The molecule has 6 heteroatoms. The van der Waals surface area contributed by atoms with E-state index in [0.29, 0.717) is 5.92 Å². The van der Waals surface area contributed by atoms with Crippen molar-refractivity contribution in [3.8, 4) is 11.1 Å². The predicted molar refractivity (Wildman–Crippen MR) is 126 cm³/mol. The third kappa shape index (κ3) is 5.82. The van der Waals surface area contributed by atoms with E-state index in [1.54, 1.807) is 6.07 Å². The summed E-state index contributed by atoms with van der Waals surface area (Å²) in [5.74, 6) is 0.383. The van der Waals surface area contributed by atoms with Crippen LogP contribution in [0.15, 0.2) is 54.6 Å². The first-order valence-corrected chi connectivity index (χ1v) is 11.4. The van der Waals surface area contributed by atoms with E-state index in [4.69, 9.17) is 0 Å². The Bertz CT molecular complexity index is 1050. The van der Waals surface area contributed by atoms with Crippen molar-refractivity contribution in [2.45, 2.75) is 39.7 Å². The number of H-pyrrole nitrogens is 1. The number of rotatable bonds is 7. The number of nitrogens with one attached hydrogen (secondary N) is 2. The quantitative estimate of drug-likeness (QED) is 0.533. The lowest BCUT2D eigenvalue weighted by atomic mass is 9.95. The molecule has 1 aliphatic rings. The normalized spacial score (nSPS) is 15.2. The molecule has 0 radical (unpaired) electrons. The smallest absolute Gasteiger partial charge is 0.227 e. The maximum Gasteiger partial charge on any atom is 0.227 e. The molecule has 0 aliphatic carbocycles. The van der Waals surface area contributed by atoms with Gasteiger partial charge in [-0.05, 0) is 79.7 Å². The van der Waals surface area contributed by atoms with E-state index < -0.39 is 0 Å². The van der Waals surface area contributed by atoms with Gasteiger partial charge in [-0.25, -0.2) is 4.39 Å². The zero-order valence-corrected chi connectivity index (χ0v) is 18.8. The molecule has 0 saturated carbocycles. The first kappa shape index (κ1) is 22.2. The molecule has 3 aromatic rings. The summed E-state index contributed by atoms with van der Waals surface area (Å²) in [5.41, 5.74) is 4.68. The van der Waals surface area contributed by atoms with Gasteiger partial charge in [0, 0.05) is 23.8 Å². The van der Waals surface area contributed by atoms with Crippen molar-refractivity contribution >= 4 is 11.6 Å². The van der Waals surface area contributed by atoms with Crippen molar-refractivity contribution in [2.24, 2.45) is 11.8 Å². The molecule has 32 heavy (non-hydrogen) atoms. The summed E-state index contributed by atoms with van der Waals surface area (Å²) in [5, 5.41) is 10.6. The molecule has 0 unspecified atom stereocenters. The molecule has 1 saturated heterocycles. The number of aromatic nitrogens is 2. The van der Waals surface area contributed by atoms with Crippen molar-refractivity contribution in [1.82, 2.24) is 15.1 Å². The van der Waals surface area contributed by atoms with Crippen LogP contribution in [0.4, 0.5) is 10.1 Å². The number of hydrogen-bond donors (Lipinski definition) is 2. The van der Waals surface area contributed by atoms with Gasteiger partial charge in [0.05, 0.1) is 5.69 Å². The summed E-state index contributed by atoms with van der Waals surface area (Å²) in [7, 11) is 0. The van der Waals surface area contributed by atoms with Crippen molar-refractivity contribution in [2.75, 3.05) is 18.4 Å². The molecular weight excluding hydrogens is 403 g/mol. The first-order chi connectivity index (χ1) is 15.5. The Morgan fingerprint density at radius 2 is 1.84 bits per heavy atom. The van der Waals surface area contributed by atoms with Crippen LogP contribution < -0.4 is 5.32 Å². The molecule has 5 nitrogen and oxygen atoms in total. The molecule has 0 spiro atoms. The van der Waals surface area contributed by atoms with E-state index in [1.807, 2.05) is 30.3 Å². The minimum atomic E-state index is -0.269. The van der Waals surface area contributed by atoms with Gasteiger partial charge in [0.1, 0.15) is 5.82 Å². The summed E-state index contributed by atoms with van der Waals surface area (Å²) in [6, 6.07) is 16.2. The Balaban J connectivity index is 1.29. The minimum absolute atomic E-state index is 0.00217. The number of carbonyl (C=O) groups excluding carboxylic acids is 1. The maximum atomic E-state index is 13.5. The second-order valence-corrected chi connectivity index (χ2v) is 9.11.